The molecule has 1 saturated heterocycles. The third-order valence-corrected chi connectivity index (χ3v) is 8.04. The Morgan fingerprint density at radius 1 is 1.05 bits per heavy atom. The Morgan fingerprint density at radius 3 is 2.55 bits per heavy atom. The Kier molecular flexibility index (Phi) is 7.96. The van der Waals surface area contributed by atoms with E-state index in [-0.39, 0.29) is 18.1 Å². The highest BCUT2D eigenvalue weighted by atomic mass is 35.5. The van der Waals surface area contributed by atoms with Crippen LogP contribution in [0, 0.1) is 18.7 Å². The summed E-state index contributed by atoms with van der Waals surface area (Å²) in [6, 6.07) is 16.6. The molecule has 0 aromatic heterocycles. The van der Waals surface area contributed by atoms with Crippen LogP contribution in [0.1, 0.15) is 63.0 Å². The number of hydrogen-bond acceptors (Lipinski definition) is 2. The van der Waals surface area contributed by atoms with Crippen LogP contribution in [0.4, 0.5) is 8.78 Å². The molecule has 38 heavy (non-hydrogen) atoms. The Balaban J connectivity index is 1.55. The maximum atomic E-state index is 15.6. The second-order valence-corrected chi connectivity index (χ2v) is 11.0. The number of aromatic carboxylic acids is 1. The number of carboxylic acids is 1. The van der Waals surface area contributed by atoms with Gasteiger partial charge in [-0.2, -0.15) is 0 Å². The van der Waals surface area contributed by atoms with Gasteiger partial charge in [-0.3, -0.25) is 4.39 Å². The summed E-state index contributed by atoms with van der Waals surface area (Å²) in [7, 11) is 0. The van der Waals surface area contributed by atoms with Crippen LogP contribution >= 0.6 is 11.6 Å². The van der Waals surface area contributed by atoms with E-state index >= 15 is 4.39 Å². The summed E-state index contributed by atoms with van der Waals surface area (Å²) in [6.07, 6.45) is 3.61. The molecule has 3 aromatic carbocycles. The molecule has 3 nitrogen and oxygen atoms in total. The van der Waals surface area contributed by atoms with Gasteiger partial charge in [0.2, 0.25) is 0 Å². The molecule has 2 aliphatic rings. The number of benzene rings is 3. The zero-order valence-corrected chi connectivity index (χ0v) is 22.3. The first-order valence-electron chi connectivity index (χ1n) is 13.3. The van der Waals surface area contributed by atoms with Crippen molar-refractivity contribution in [2.24, 2.45) is 5.92 Å². The Hall–Kier alpha value is -3.02. The SMILES string of the molecule is Cc1cc(Cl)ccc1C1=C(c2ccc(CC3CN(CCCF)C3)c(F)c2)c2ccc(C(=O)O)cc2CCC1. The number of hydrogen-bond donors (Lipinski definition) is 1. The summed E-state index contributed by atoms with van der Waals surface area (Å²) < 4.78 is 28.0. The van der Waals surface area contributed by atoms with Gasteiger partial charge in [-0.15, -0.1) is 0 Å². The molecule has 1 heterocycles. The van der Waals surface area contributed by atoms with Crippen LogP contribution in [-0.2, 0) is 12.8 Å². The second-order valence-electron chi connectivity index (χ2n) is 10.5. The molecule has 0 atom stereocenters. The number of allylic oxidation sites excluding steroid dienone is 1. The lowest BCUT2D eigenvalue weighted by molar-refractivity contribution is 0.0696. The van der Waals surface area contributed by atoms with Gasteiger partial charge < -0.3 is 10.0 Å². The lowest BCUT2D eigenvalue weighted by Crippen LogP contribution is -2.48. The molecule has 1 aliphatic carbocycles. The Morgan fingerprint density at radius 2 is 1.84 bits per heavy atom. The predicted octanol–water partition coefficient (Wildman–Crippen LogP) is 7.62. The summed E-state index contributed by atoms with van der Waals surface area (Å²) >= 11 is 6.26. The molecule has 1 fully saturated rings. The third-order valence-electron chi connectivity index (χ3n) is 7.80. The van der Waals surface area contributed by atoms with Crippen molar-refractivity contribution in [2.45, 2.75) is 39.0 Å². The van der Waals surface area contributed by atoms with Crippen LogP contribution < -0.4 is 0 Å². The minimum Gasteiger partial charge on any atom is -0.478 e. The van der Waals surface area contributed by atoms with Gasteiger partial charge in [0.25, 0.3) is 0 Å². The quantitative estimate of drug-likeness (QED) is 0.322. The number of nitrogens with zero attached hydrogens (tertiary/aromatic N) is 1. The van der Waals surface area contributed by atoms with Crippen molar-refractivity contribution in [3.05, 3.63) is 104 Å². The number of carboxylic acid groups (broad SMARTS) is 1. The van der Waals surface area contributed by atoms with E-state index in [4.69, 9.17) is 11.6 Å². The Labute approximate surface area is 227 Å². The molecule has 0 unspecified atom stereocenters. The lowest BCUT2D eigenvalue weighted by atomic mass is 9.85. The molecular formula is C32H32ClF2NO2. The summed E-state index contributed by atoms with van der Waals surface area (Å²) in [5.74, 6) is -0.794. The molecule has 0 amide bonds. The van der Waals surface area contributed by atoms with Crippen molar-refractivity contribution in [3.8, 4) is 0 Å². The van der Waals surface area contributed by atoms with Gasteiger partial charge in [0.15, 0.2) is 0 Å². The minimum absolute atomic E-state index is 0.225. The fourth-order valence-electron chi connectivity index (χ4n) is 5.94. The number of halogens is 3. The molecule has 1 N–H and O–H groups in total. The van der Waals surface area contributed by atoms with Crippen molar-refractivity contribution in [1.29, 1.82) is 0 Å². The van der Waals surface area contributed by atoms with Crippen LogP contribution in [0.25, 0.3) is 11.1 Å². The van der Waals surface area contributed by atoms with Gasteiger partial charge in [-0.05, 0) is 120 Å². The fourth-order valence-corrected chi connectivity index (χ4v) is 6.16. The van der Waals surface area contributed by atoms with E-state index in [1.54, 1.807) is 18.2 Å². The summed E-state index contributed by atoms with van der Waals surface area (Å²) in [5, 5.41) is 10.2. The van der Waals surface area contributed by atoms with Crippen LogP contribution in [0.5, 0.6) is 0 Å². The van der Waals surface area contributed by atoms with Crippen LogP contribution in [-0.4, -0.2) is 42.3 Å². The van der Waals surface area contributed by atoms with E-state index in [9.17, 15) is 14.3 Å². The van der Waals surface area contributed by atoms with Crippen molar-refractivity contribution in [2.75, 3.05) is 26.3 Å². The van der Waals surface area contributed by atoms with Crippen molar-refractivity contribution < 1.29 is 18.7 Å². The number of aryl methyl sites for hydroxylation is 2. The van der Waals surface area contributed by atoms with E-state index in [2.05, 4.69) is 4.90 Å². The molecule has 3 aromatic rings. The minimum atomic E-state index is -0.953. The summed E-state index contributed by atoms with van der Waals surface area (Å²) in [5.41, 5.74) is 7.87. The van der Waals surface area contributed by atoms with E-state index in [0.717, 1.165) is 77.9 Å². The second kappa shape index (κ2) is 11.4. The van der Waals surface area contributed by atoms with Crippen molar-refractivity contribution in [1.82, 2.24) is 4.90 Å². The molecule has 0 saturated carbocycles. The van der Waals surface area contributed by atoms with Crippen LogP contribution in [0.2, 0.25) is 5.02 Å². The number of likely N-dealkylation sites (tertiary alicyclic amines) is 1. The zero-order valence-electron chi connectivity index (χ0n) is 21.6. The van der Waals surface area contributed by atoms with E-state index in [1.807, 2.05) is 43.3 Å². The molecule has 5 rings (SSSR count). The maximum absolute atomic E-state index is 15.6. The molecule has 1 aliphatic heterocycles. The van der Waals surface area contributed by atoms with Crippen LogP contribution in [0.15, 0.2) is 54.6 Å². The first-order valence-corrected chi connectivity index (χ1v) is 13.6. The topological polar surface area (TPSA) is 40.5 Å². The van der Waals surface area contributed by atoms with Gasteiger partial charge in [-0.1, -0.05) is 35.9 Å². The zero-order chi connectivity index (χ0) is 26.8. The highest BCUT2D eigenvalue weighted by molar-refractivity contribution is 6.30. The fraction of sp³-hybridized carbons (Fsp3) is 0.344. The highest BCUT2D eigenvalue weighted by Crippen LogP contribution is 2.42. The number of fused-ring (bicyclic) bond motifs is 1. The van der Waals surface area contributed by atoms with Gasteiger partial charge in [0.1, 0.15) is 5.82 Å². The normalized spacial score (nSPS) is 16.2. The highest BCUT2D eigenvalue weighted by Gasteiger charge is 2.28. The maximum Gasteiger partial charge on any atom is 0.335 e. The average molecular weight is 536 g/mol. The number of rotatable bonds is 8. The van der Waals surface area contributed by atoms with Gasteiger partial charge in [0, 0.05) is 24.7 Å². The third kappa shape index (κ3) is 5.55. The average Bonchev–Trinajstić information content (AvgIpc) is 3.05. The first kappa shape index (κ1) is 26.6. The van der Waals surface area contributed by atoms with E-state index in [0.29, 0.717) is 29.3 Å². The Bertz CT molecular complexity index is 1390. The molecule has 0 radical (unpaired) electrons. The predicted molar refractivity (Wildman–Crippen MR) is 149 cm³/mol. The lowest BCUT2D eigenvalue weighted by Gasteiger charge is -2.39. The van der Waals surface area contributed by atoms with Crippen molar-refractivity contribution >= 4 is 28.7 Å². The number of carbonyl (C=O) groups is 1. The molecular weight excluding hydrogens is 504 g/mol. The van der Waals surface area contributed by atoms with Gasteiger partial charge >= 0.3 is 5.97 Å². The smallest absolute Gasteiger partial charge is 0.335 e. The molecule has 6 heteroatoms. The van der Waals surface area contributed by atoms with E-state index < -0.39 is 5.97 Å². The monoisotopic (exact) mass is 535 g/mol. The van der Waals surface area contributed by atoms with Crippen LogP contribution in [0.3, 0.4) is 0 Å². The summed E-state index contributed by atoms with van der Waals surface area (Å²) in [6.45, 7) is 4.26. The number of alkyl halides is 1. The summed E-state index contributed by atoms with van der Waals surface area (Å²) in [4.78, 5) is 13.9. The van der Waals surface area contributed by atoms with Gasteiger partial charge in [-0.25, -0.2) is 9.18 Å². The molecule has 198 valence electrons. The van der Waals surface area contributed by atoms with Gasteiger partial charge in [0.05, 0.1) is 12.2 Å². The molecule has 0 bridgehead atoms. The largest absolute Gasteiger partial charge is 0.478 e. The first-order chi connectivity index (χ1) is 18.3. The standard InChI is InChI=1S/C32H32ClF2NO2/c1-20-14-26(33)9-11-27(20)29-5-2-4-22-16-25(32(37)38)8-10-28(22)31(29)24-7-6-23(30(35)17-24)15-21-18-36(19-21)13-3-12-34/h6-11,14,16-17,21H,2-5,12-13,15,18-19H2,1H3,(H,37,38). The van der Waals surface area contributed by atoms with Crippen molar-refractivity contribution in [3.63, 3.8) is 0 Å². The van der Waals surface area contributed by atoms with E-state index in [1.165, 1.54) is 0 Å². The molecule has 0 spiro atoms.